The molecule has 0 bridgehead atoms. The Bertz CT molecular complexity index is 440. The van der Waals surface area contributed by atoms with Crippen molar-refractivity contribution in [2.45, 2.75) is 18.9 Å². The second-order valence-corrected chi connectivity index (χ2v) is 4.02. The Morgan fingerprint density at radius 2 is 1.88 bits per heavy atom. The number of imide groups is 1. The molecule has 1 aliphatic rings. The molecule has 1 aromatic rings. The van der Waals surface area contributed by atoms with E-state index in [2.05, 4.69) is 0 Å². The van der Waals surface area contributed by atoms with Gasteiger partial charge in [-0.1, -0.05) is 12.1 Å². The first-order valence-electron chi connectivity index (χ1n) is 5.38. The summed E-state index contributed by atoms with van der Waals surface area (Å²) in [6, 6.07) is 6.57. The summed E-state index contributed by atoms with van der Waals surface area (Å²) in [5, 5.41) is 18.3. The number of likely N-dealkylation sites (tertiary alicyclic amines) is 1. The van der Waals surface area contributed by atoms with Crippen molar-refractivity contribution in [2.24, 2.45) is 0 Å². The minimum Gasteiger partial charge on any atom is -0.508 e. The molecule has 2 N–H and O–H groups in total. The van der Waals surface area contributed by atoms with Crippen LogP contribution in [0.1, 0.15) is 12.0 Å². The predicted molar refractivity (Wildman–Crippen MR) is 59.2 cm³/mol. The summed E-state index contributed by atoms with van der Waals surface area (Å²) in [5.74, 6) is -0.674. The summed E-state index contributed by atoms with van der Waals surface area (Å²) >= 11 is 0. The van der Waals surface area contributed by atoms with Gasteiger partial charge in [-0.05, 0) is 24.1 Å². The van der Waals surface area contributed by atoms with E-state index < -0.39 is 12.0 Å². The molecule has 1 saturated heterocycles. The van der Waals surface area contributed by atoms with E-state index in [4.69, 9.17) is 5.11 Å². The predicted octanol–water partition coefficient (Wildman–Crippen LogP) is 0.0545. The number of carbonyl (C=O) groups is 2. The average molecular weight is 235 g/mol. The van der Waals surface area contributed by atoms with E-state index in [0.29, 0.717) is 6.42 Å². The fourth-order valence-electron chi connectivity index (χ4n) is 1.80. The minimum absolute atomic E-state index is 0.117. The van der Waals surface area contributed by atoms with Gasteiger partial charge < -0.3 is 10.2 Å². The third-order valence-electron chi connectivity index (χ3n) is 2.78. The lowest BCUT2D eigenvalue weighted by Gasteiger charge is -2.13. The highest BCUT2D eigenvalue weighted by Crippen LogP contribution is 2.15. The number of phenolic OH excluding ortho intramolecular Hbond substituents is 1. The third-order valence-corrected chi connectivity index (χ3v) is 2.78. The molecule has 0 aliphatic carbocycles. The first-order valence-corrected chi connectivity index (χ1v) is 5.38. The molecule has 0 spiro atoms. The van der Waals surface area contributed by atoms with Crippen LogP contribution in [0.3, 0.4) is 0 Å². The van der Waals surface area contributed by atoms with Crippen LogP contribution in [0.25, 0.3) is 0 Å². The maximum absolute atomic E-state index is 11.4. The van der Waals surface area contributed by atoms with E-state index in [1.807, 2.05) is 0 Å². The standard InChI is InChI=1S/C12H13NO4/c14-9-3-1-8(2-4-9)5-6-13-11(16)7-10(15)12(13)17/h1-4,10,14-15H,5-7H2. The number of benzene rings is 1. The van der Waals surface area contributed by atoms with Gasteiger partial charge >= 0.3 is 0 Å². The monoisotopic (exact) mass is 235 g/mol. The van der Waals surface area contributed by atoms with Crippen molar-refractivity contribution in [1.29, 1.82) is 0 Å². The van der Waals surface area contributed by atoms with Crippen LogP contribution in [-0.2, 0) is 16.0 Å². The molecule has 1 aliphatic heterocycles. The topological polar surface area (TPSA) is 77.8 Å². The van der Waals surface area contributed by atoms with Crippen LogP contribution in [0.4, 0.5) is 0 Å². The minimum atomic E-state index is -1.18. The molecule has 1 unspecified atom stereocenters. The fraction of sp³-hybridized carbons (Fsp3) is 0.333. The molecule has 90 valence electrons. The molecule has 2 amide bonds. The average Bonchev–Trinajstić information content (AvgIpc) is 2.54. The SMILES string of the molecule is O=C1CC(O)C(=O)N1CCc1ccc(O)cc1. The van der Waals surface area contributed by atoms with Crippen LogP contribution in [0, 0.1) is 0 Å². The Kier molecular flexibility index (Phi) is 3.10. The van der Waals surface area contributed by atoms with Gasteiger partial charge in [-0.25, -0.2) is 0 Å². The van der Waals surface area contributed by atoms with Crippen LogP contribution >= 0.6 is 0 Å². The van der Waals surface area contributed by atoms with E-state index >= 15 is 0 Å². The summed E-state index contributed by atoms with van der Waals surface area (Å²) in [5.41, 5.74) is 0.921. The normalized spacial score (nSPS) is 20.1. The molecule has 0 aromatic heterocycles. The second-order valence-electron chi connectivity index (χ2n) is 4.02. The molecular formula is C12H13NO4. The fourth-order valence-corrected chi connectivity index (χ4v) is 1.80. The van der Waals surface area contributed by atoms with Gasteiger partial charge in [-0.15, -0.1) is 0 Å². The van der Waals surface area contributed by atoms with E-state index in [0.717, 1.165) is 10.5 Å². The lowest BCUT2D eigenvalue weighted by atomic mass is 10.1. The zero-order valence-electron chi connectivity index (χ0n) is 9.17. The van der Waals surface area contributed by atoms with Gasteiger partial charge in [-0.3, -0.25) is 14.5 Å². The van der Waals surface area contributed by atoms with Crippen molar-refractivity contribution in [2.75, 3.05) is 6.54 Å². The Morgan fingerprint density at radius 3 is 2.41 bits per heavy atom. The van der Waals surface area contributed by atoms with Gasteiger partial charge in [0.2, 0.25) is 5.91 Å². The number of hydrogen-bond donors (Lipinski definition) is 2. The lowest BCUT2D eigenvalue weighted by molar-refractivity contribution is -0.140. The number of nitrogens with zero attached hydrogens (tertiary/aromatic N) is 1. The highest BCUT2D eigenvalue weighted by atomic mass is 16.3. The molecule has 1 fully saturated rings. The summed E-state index contributed by atoms with van der Waals surface area (Å²) in [6.07, 6.45) is -0.777. The molecule has 17 heavy (non-hydrogen) atoms. The van der Waals surface area contributed by atoms with E-state index in [1.54, 1.807) is 24.3 Å². The number of carbonyl (C=O) groups excluding carboxylic acids is 2. The van der Waals surface area contributed by atoms with Crippen LogP contribution < -0.4 is 0 Å². The summed E-state index contributed by atoms with van der Waals surface area (Å²) < 4.78 is 0. The second kappa shape index (κ2) is 4.55. The van der Waals surface area contributed by atoms with Crippen molar-refractivity contribution >= 4 is 11.8 Å². The van der Waals surface area contributed by atoms with Gasteiger partial charge in [-0.2, -0.15) is 0 Å². The summed E-state index contributed by atoms with van der Waals surface area (Å²) in [6.45, 7) is 0.263. The molecule has 0 saturated carbocycles. The Balaban J connectivity index is 1.96. The smallest absolute Gasteiger partial charge is 0.258 e. The highest BCUT2D eigenvalue weighted by Gasteiger charge is 2.36. The van der Waals surface area contributed by atoms with Crippen molar-refractivity contribution in [3.63, 3.8) is 0 Å². The molecule has 5 heteroatoms. The third kappa shape index (κ3) is 2.45. The molecule has 5 nitrogen and oxygen atoms in total. The van der Waals surface area contributed by atoms with E-state index in [-0.39, 0.29) is 24.6 Å². The number of hydrogen-bond acceptors (Lipinski definition) is 4. The Morgan fingerprint density at radius 1 is 1.24 bits per heavy atom. The summed E-state index contributed by atoms with van der Waals surface area (Å²) in [4.78, 5) is 23.9. The van der Waals surface area contributed by atoms with Gasteiger partial charge in [0, 0.05) is 6.54 Å². The quantitative estimate of drug-likeness (QED) is 0.726. The Hall–Kier alpha value is -1.88. The van der Waals surface area contributed by atoms with Gasteiger partial charge in [0.25, 0.3) is 5.91 Å². The van der Waals surface area contributed by atoms with Crippen LogP contribution in [0.15, 0.2) is 24.3 Å². The molecule has 1 heterocycles. The first-order chi connectivity index (χ1) is 8.08. The van der Waals surface area contributed by atoms with Gasteiger partial charge in [0.1, 0.15) is 11.9 Å². The van der Waals surface area contributed by atoms with Gasteiger partial charge in [0.05, 0.1) is 6.42 Å². The number of amides is 2. The molecule has 1 atom stereocenters. The number of aliphatic hydroxyl groups is 1. The molecular weight excluding hydrogens is 222 g/mol. The Labute approximate surface area is 98.3 Å². The van der Waals surface area contributed by atoms with Crippen LogP contribution in [-0.4, -0.2) is 39.6 Å². The maximum Gasteiger partial charge on any atom is 0.258 e. The molecule has 2 rings (SSSR count). The largest absolute Gasteiger partial charge is 0.508 e. The lowest BCUT2D eigenvalue weighted by Crippen LogP contribution is -2.33. The maximum atomic E-state index is 11.4. The van der Waals surface area contributed by atoms with Crippen molar-refractivity contribution in [1.82, 2.24) is 4.90 Å². The number of phenols is 1. The highest BCUT2D eigenvalue weighted by molar-refractivity contribution is 6.04. The zero-order valence-corrected chi connectivity index (χ0v) is 9.17. The van der Waals surface area contributed by atoms with Crippen molar-refractivity contribution in [3.8, 4) is 5.75 Å². The molecule has 1 aromatic carbocycles. The number of aliphatic hydroxyl groups excluding tert-OH is 1. The van der Waals surface area contributed by atoms with Crippen LogP contribution in [0.2, 0.25) is 0 Å². The van der Waals surface area contributed by atoms with Crippen molar-refractivity contribution in [3.05, 3.63) is 29.8 Å². The summed E-state index contributed by atoms with van der Waals surface area (Å²) in [7, 11) is 0. The van der Waals surface area contributed by atoms with E-state index in [9.17, 15) is 14.7 Å². The number of rotatable bonds is 3. The van der Waals surface area contributed by atoms with Gasteiger partial charge in [0.15, 0.2) is 0 Å². The zero-order chi connectivity index (χ0) is 12.4. The number of aromatic hydroxyl groups is 1. The molecule has 0 radical (unpaired) electrons. The van der Waals surface area contributed by atoms with Crippen molar-refractivity contribution < 1.29 is 19.8 Å². The first kappa shape index (κ1) is 11.6. The van der Waals surface area contributed by atoms with Crippen LogP contribution in [0.5, 0.6) is 5.75 Å². The van der Waals surface area contributed by atoms with E-state index in [1.165, 1.54) is 0 Å².